The molecule has 3 rings (SSSR count). The third-order valence-electron chi connectivity index (χ3n) is 4.98. The monoisotopic (exact) mass is 440 g/mol. The van der Waals surface area contributed by atoms with E-state index in [1.54, 1.807) is 23.1 Å². The summed E-state index contributed by atoms with van der Waals surface area (Å²) in [6.07, 6.45) is 1.92. The van der Waals surface area contributed by atoms with Crippen LogP contribution in [0.4, 0.5) is 11.4 Å². The van der Waals surface area contributed by atoms with Crippen LogP contribution in [-0.4, -0.2) is 43.0 Å². The molecule has 7 nitrogen and oxygen atoms in total. The molecule has 1 aliphatic rings. The Morgan fingerprint density at radius 2 is 1.87 bits per heavy atom. The zero-order valence-electron chi connectivity index (χ0n) is 17.6. The van der Waals surface area contributed by atoms with Crippen LogP contribution >= 0.6 is 11.8 Å². The molecule has 1 saturated heterocycles. The number of anilines is 2. The number of hydrogen-bond donors (Lipinski definition) is 1. The zero-order valence-corrected chi connectivity index (χ0v) is 18.5. The summed E-state index contributed by atoms with van der Waals surface area (Å²) in [5.74, 6) is -1.96. The van der Waals surface area contributed by atoms with Crippen LogP contribution < -0.4 is 10.2 Å². The first-order valence-electron chi connectivity index (χ1n) is 9.81. The van der Waals surface area contributed by atoms with Gasteiger partial charge in [0, 0.05) is 36.0 Å². The van der Waals surface area contributed by atoms with Crippen molar-refractivity contribution in [1.29, 1.82) is 0 Å². The van der Waals surface area contributed by atoms with Crippen LogP contribution in [0.15, 0.2) is 47.4 Å². The number of ether oxygens (including phenoxy) is 1. The van der Waals surface area contributed by atoms with Gasteiger partial charge in [-0.1, -0.05) is 23.8 Å². The lowest BCUT2D eigenvalue weighted by atomic mass is 10.1. The van der Waals surface area contributed by atoms with E-state index in [4.69, 9.17) is 4.74 Å². The number of amides is 2. The predicted molar refractivity (Wildman–Crippen MR) is 119 cm³/mol. The van der Waals surface area contributed by atoms with Crippen molar-refractivity contribution in [3.63, 3.8) is 0 Å². The van der Waals surface area contributed by atoms with E-state index in [2.05, 4.69) is 5.32 Å². The van der Waals surface area contributed by atoms with E-state index >= 15 is 0 Å². The molecule has 1 fully saturated rings. The van der Waals surface area contributed by atoms with Crippen molar-refractivity contribution in [3.05, 3.63) is 53.6 Å². The maximum atomic E-state index is 12.5. The number of thioether (sulfide) groups is 1. The summed E-state index contributed by atoms with van der Waals surface area (Å²) in [6.45, 7) is 3.15. The van der Waals surface area contributed by atoms with Gasteiger partial charge in [-0.25, -0.2) is 0 Å². The van der Waals surface area contributed by atoms with Crippen LogP contribution in [0.25, 0.3) is 0 Å². The van der Waals surface area contributed by atoms with E-state index in [9.17, 15) is 19.2 Å². The van der Waals surface area contributed by atoms with Gasteiger partial charge < -0.3 is 15.0 Å². The second-order valence-corrected chi connectivity index (χ2v) is 8.22. The molecule has 2 aromatic rings. The molecule has 162 valence electrons. The van der Waals surface area contributed by atoms with E-state index in [1.807, 2.05) is 37.4 Å². The Kier molecular flexibility index (Phi) is 7.12. The van der Waals surface area contributed by atoms with Crippen LogP contribution in [-0.2, 0) is 19.1 Å². The van der Waals surface area contributed by atoms with E-state index in [0.717, 1.165) is 16.1 Å². The van der Waals surface area contributed by atoms with Crippen LogP contribution in [0.1, 0.15) is 29.3 Å². The van der Waals surface area contributed by atoms with E-state index in [0.29, 0.717) is 11.3 Å². The lowest BCUT2D eigenvalue weighted by Crippen LogP contribution is -2.27. The topological polar surface area (TPSA) is 92.8 Å². The van der Waals surface area contributed by atoms with Gasteiger partial charge in [0.25, 0.3) is 0 Å². The van der Waals surface area contributed by atoms with Gasteiger partial charge in [0.15, 0.2) is 12.4 Å². The fraction of sp³-hybridized carbons (Fsp3) is 0.304. The Morgan fingerprint density at radius 1 is 1.16 bits per heavy atom. The van der Waals surface area contributed by atoms with Gasteiger partial charge in [0.05, 0.1) is 11.6 Å². The molecule has 31 heavy (non-hydrogen) atoms. The number of nitrogens with zero attached hydrogens (tertiary/aromatic N) is 1. The molecule has 8 heteroatoms. The highest BCUT2D eigenvalue weighted by molar-refractivity contribution is 7.98. The summed E-state index contributed by atoms with van der Waals surface area (Å²) in [5, 5.41) is 2.70. The SMILES string of the molecule is CSc1ccc(C(=O)COC(=O)C2CC(=O)N(c3ccc(C)cc3)C2)cc1NC(C)=O. The van der Waals surface area contributed by atoms with Crippen LogP contribution in [0.2, 0.25) is 0 Å². The van der Waals surface area contributed by atoms with Crippen molar-refractivity contribution in [2.24, 2.45) is 5.92 Å². The number of ketones is 1. The molecule has 2 amide bonds. The molecule has 0 aliphatic carbocycles. The quantitative estimate of drug-likeness (QED) is 0.403. The highest BCUT2D eigenvalue weighted by atomic mass is 32.2. The molecule has 0 aromatic heterocycles. The van der Waals surface area contributed by atoms with Crippen LogP contribution in [0.5, 0.6) is 0 Å². The number of aryl methyl sites for hydroxylation is 1. The molecule has 1 N–H and O–H groups in total. The first-order valence-corrected chi connectivity index (χ1v) is 11.0. The highest BCUT2D eigenvalue weighted by Crippen LogP contribution is 2.28. The molecule has 1 heterocycles. The maximum absolute atomic E-state index is 12.5. The number of benzene rings is 2. The third-order valence-corrected chi connectivity index (χ3v) is 5.78. The van der Waals surface area contributed by atoms with Gasteiger partial charge in [-0.3, -0.25) is 19.2 Å². The van der Waals surface area contributed by atoms with Gasteiger partial charge >= 0.3 is 5.97 Å². The smallest absolute Gasteiger partial charge is 0.311 e. The molecule has 1 atom stereocenters. The van der Waals surface area contributed by atoms with Crippen molar-refractivity contribution < 1.29 is 23.9 Å². The summed E-state index contributed by atoms with van der Waals surface area (Å²) in [6, 6.07) is 12.4. The third kappa shape index (κ3) is 5.52. The van der Waals surface area contributed by atoms with E-state index in [-0.39, 0.29) is 30.6 Å². The fourth-order valence-electron chi connectivity index (χ4n) is 3.35. The second-order valence-electron chi connectivity index (χ2n) is 7.37. The molecule has 2 aromatic carbocycles. The minimum absolute atomic E-state index is 0.0516. The summed E-state index contributed by atoms with van der Waals surface area (Å²) < 4.78 is 5.21. The summed E-state index contributed by atoms with van der Waals surface area (Å²) in [7, 11) is 0. The average Bonchev–Trinajstić information content (AvgIpc) is 3.13. The summed E-state index contributed by atoms with van der Waals surface area (Å²) >= 11 is 1.44. The van der Waals surface area contributed by atoms with Gasteiger partial charge in [-0.2, -0.15) is 0 Å². The Labute approximate surface area is 185 Å². The number of rotatable bonds is 7. The minimum Gasteiger partial charge on any atom is -0.457 e. The van der Waals surface area contributed by atoms with Crippen molar-refractivity contribution in [2.75, 3.05) is 29.6 Å². The van der Waals surface area contributed by atoms with E-state index < -0.39 is 18.5 Å². The largest absolute Gasteiger partial charge is 0.457 e. The molecular formula is C23H24N2O5S. The Hall–Kier alpha value is -3.13. The molecule has 0 bridgehead atoms. The maximum Gasteiger partial charge on any atom is 0.311 e. The summed E-state index contributed by atoms with van der Waals surface area (Å²) in [4.78, 5) is 51.1. The highest BCUT2D eigenvalue weighted by Gasteiger charge is 2.36. The Morgan fingerprint density at radius 3 is 2.52 bits per heavy atom. The standard InChI is InChI=1S/C23H24N2O5S/c1-14-4-7-18(8-5-14)25-12-17(11-22(25)28)23(29)30-13-20(27)16-6-9-21(31-3)19(10-16)24-15(2)26/h4-10,17H,11-13H2,1-3H3,(H,24,26). The average molecular weight is 441 g/mol. The van der Waals surface area contributed by atoms with Crippen LogP contribution in [0.3, 0.4) is 0 Å². The van der Waals surface area contributed by atoms with Crippen LogP contribution in [0, 0.1) is 12.8 Å². The van der Waals surface area contributed by atoms with Crippen molar-refractivity contribution >= 4 is 46.7 Å². The van der Waals surface area contributed by atoms with Crippen molar-refractivity contribution in [1.82, 2.24) is 0 Å². The molecule has 1 unspecified atom stereocenters. The van der Waals surface area contributed by atoms with Gasteiger partial charge in [-0.05, 0) is 37.4 Å². The number of carbonyl (C=O) groups is 4. The fourth-order valence-corrected chi connectivity index (χ4v) is 3.88. The molecule has 1 aliphatic heterocycles. The zero-order chi connectivity index (χ0) is 22.5. The number of Topliss-reactive ketones (excluding diaryl/α,β-unsaturated/α-hetero) is 1. The molecule has 0 spiro atoms. The van der Waals surface area contributed by atoms with Crippen molar-refractivity contribution in [3.8, 4) is 0 Å². The van der Waals surface area contributed by atoms with Gasteiger partial charge in [0.1, 0.15) is 0 Å². The first kappa shape index (κ1) is 22.6. The molecular weight excluding hydrogens is 416 g/mol. The lowest BCUT2D eigenvalue weighted by Gasteiger charge is -2.16. The normalized spacial score (nSPS) is 15.6. The Balaban J connectivity index is 1.60. The number of esters is 1. The second kappa shape index (κ2) is 9.78. The summed E-state index contributed by atoms with van der Waals surface area (Å²) in [5.41, 5.74) is 2.68. The molecule has 0 saturated carbocycles. The minimum atomic E-state index is -0.615. The van der Waals surface area contributed by atoms with Crippen molar-refractivity contribution in [2.45, 2.75) is 25.2 Å². The number of hydrogen-bond acceptors (Lipinski definition) is 6. The first-order chi connectivity index (χ1) is 14.8. The van der Waals surface area contributed by atoms with Gasteiger partial charge in [-0.15, -0.1) is 11.8 Å². The predicted octanol–water partition coefficient (Wildman–Crippen LogP) is 3.45. The van der Waals surface area contributed by atoms with Gasteiger partial charge in [0.2, 0.25) is 11.8 Å². The number of nitrogens with one attached hydrogen (secondary N) is 1. The lowest BCUT2D eigenvalue weighted by molar-refractivity contribution is -0.147. The molecule has 0 radical (unpaired) electrons. The Bertz CT molecular complexity index is 1020. The van der Waals surface area contributed by atoms with E-state index in [1.165, 1.54) is 18.7 Å². The number of carbonyl (C=O) groups excluding carboxylic acids is 4.